The van der Waals surface area contributed by atoms with Gasteiger partial charge in [0.2, 0.25) is 5.95 Å². The zero-order valence-corrected chi connectivity index (χ0v) is 15.0. The summed E-state index contributed by atoms with van der Waals surface area (Å²) in [5.74, 6) is 0.749. The van der Waals surface area contributed by atoms with Gasteiger partial charge in [-0.25, -0.2) is 4.98 Å². The standard InChI is InChI=1S/C18H28N4O3/c1-12(2)16-14(6-4-10-25-16)20-15-7-8-19-18(21-15)22-9-3-5-13(11-22)17(23)24/h7-8,12-14,16H,3-6,9-11H2,1-2H3,(H,23,24)(H,19,20,21). The molecule has 2 saturated heterocycles. The van der Waals surface area contributed by atoms with Crippen LogP contribution in [0.15, 0.2) is 12.3 Å². The molecule has 0 spiro atoms. The number of anilines is 2. The lowest BCUT2D eigenvalue weighted by Gasteiger charge is -2.35. The average Bonchev–Trinajstić information content (AvgIpc) is 2.62. The fourth-order valence-electron chi connectivity index (χ4n) is 3.75. The molecule has 1 aromatic rings. The molecular weight excluding hydrogens is 320 g/mol. The Balaban J connectivity index is 1.69. The Morgan fingerprint density at radius 2 is 2.24 bits per heavy atom. The number of rotatable bonds is 5. The first-order chi connectivity index (χ1) is 12.0. The van der Waals surface area contributed by atoms with E-state index < -0.39 is 5.97 Å². The number of aromatic nitrogens is 2. The summed E-state index contributed by atoms with van der Waals surface area (Å²) >= 11 is 0. The van der Waals surface area contributed by atoms with Crippen molar-refractivity contribution in [3.05, 3.63) is 12.3 Å². The Labute approximate surface area is 148 Å². The van der Waals surface area contributed by atoms with Gasteiger partial charge in [0.05, 0.1) is 18.1 Å². The molecule has 0 bridgehead atoms. The van der Waals surface area contributed by atoms with Crippen molar-refractivity contribution in [3.8, 4) is 0 Å². The van der Waals surface area contributed by atoms with Gasteiger partial charge in [-0.2, -0.15) is 4.98 Å². The van der Waals surface area contributed by atoms with E-state index in [-0.39, 0.29) is 18.1 Å². The van der Waals surface area contributed by atoms with E-state index in [1.165, 1.54) is 0 Å². The van der Waals surface area contributed by atoms with Crippen LogP contribution in [0.5, 0.6) is 0 Å². The summed E-state index contributed by atoms with van der Waals surface area (Å²) < 4.78 is 5.93. The van der Waals surface area contributed by atoms with Gasteiger partial charge in [0.25, 0.3) is 0 Å². The van der Waals surface area contributed by atoms with Crippen molar-refractivity contribution in [3.63, 3.8) is 0 Å². The molecule has 0 saturated carbocycles. The summed E-state index contributed by atoms with van der Waals surface area (Å²) in [6.07, 6.45) is 5.60. The maximum absolute atomic E-state index is 11.3. The third-order valence-corrected chi connectivity index (χ3v) is 5.05. The Bertz CT molecular complexity index is 595. The van der Waals surface area contributed by atoms with E-state index in [0.29, 0.717) is 18.4 Å². The highest BCUT2D eigenvalue weighted by Crippen LogP contribution is 2.25. The minimum Gasteiger partial charge on any atom is -0.481 e. The minimum atomic E-state index is -0.738. The van der Waals surface area contributed by atoms with Crippen molar-refractivity contribution in [1.82, 2.24) is 9.97 Å². The molecule has 3 rings (SSSR count). The van der Waals surface area contributed by atoms with Gasteiger partial charge >= 0.3 is 5.97 Å². The predicted octanol–water partition coefficient (Wildman–Crippen LogP) is 2.39. The van der Waals surface area contributed by atoms with Gasteiger partial charge in [-0.15, -0.1) is 0 Å². The van der Waals surface area contributed by atoms with Gasteiger partial charge < -0.3 is 20.1 Å². The van der Waals surface area contributed by atoms with E-state index in [2.05, 4.69) is 29.1 Å². The van der Waals surface area contributed by atoms with Crippen LogP contribution < -0.4 is 10.2 Å². The second kappa shape index (κ2) is 7.99. The number of carboxylic acids is 1. The summed E-state index contributed by atoms with van der Waals surface area (Å²) in [4.78, 5) is 22.2. The Morgan fingerprint density at radius 3 is 3.00 bits per heavy atom. The number of aliphatic carboxylic acids is 1. The fraction of sp³-hybridized carbons (Fsp3) is 0.722. The number of ether oxygens (including phenoxy) is 1. The molecule has 0 amide bonds. The minimum absolute atomic E-state index is 0.179. The second-order valence-electron chi connectivity index (χ2n) is 7.34. The fourth-order valence-corrected chi connectivity index (χ4v) is 3.75. The molecule has 1 aromatic heterocycles. The molecule has 2 N–H and O–H groups in total. The first-order valence-electron chi connectivity index (χ1n) is 9.23. The Morgan fingerprint density at radius 1 is 1.40 bits per heavy atom. The Kier molecular flexibility index (Phi) is 5.73. The normalized spacial score (nSPS) is 27.3. The molecular formula is C18H28N4O3. The lowest BCUT2D eigenvalue weighted by Crippen LogP contribution is -2.43. The van der Waals surface area contributed by atoms with Gasteiger partial charge in [-0.3, -0.25) is 4.79 Å². The largest absolute Gasteiger partial charge is 0.481 e. The maximum Gasteiger partial charge on any atom is 0.308 e. The van der Waals surface area contributed by atoms with E-state index in [4.69, 9.17) is 4.74 Å². The molecule has 138 valence electrons. The second-order valence-corrected chi connectivity index (χ2v) is 7.34. The van der Waals surface area contributed by atoms with Crippen LogP contribution in [0, 0.1) is 11.8 Å². The van der Waals surface area contributed by atoms with E-state index in [9.17, 15) is 9.90 Å². The summed E-state index contributed by atoms with van der Waals surface area (Å²) in [6.45, 7) is 6.44. The summed E-state index contributed by atoms with van der Waals surface area (Å²) in [6, 6.07) is 2.11. The first kappa shape index (κ1) is 17.9. The first-order valence-corrected chi connectivity index (χ1v) is 9.23. The smallest absolute Gasteiger partial charge is 0.308 e. The average molecular weight is 348 g/mol. The summed E-state index contributed by atoms with van der Waals surface area (Å²) in [5.41, 5.74) is 0. The van der Waals surface area contributed by atoms with Gasteiger partial charge in [0.1, 0.15) is 5.82 Å². The van der Waals surface area contributed by atoms with Crippen molar-refractivity contribution < 1.29 is 14.6 Å². The number of piperidine rings is 1. The number of nitrogens with one attached hydrogen (secondary N) is 1. The third-order valence-electron chi connectivity index (χ3n) is 5.05. The predicted molar refractivity (Wildman–Crippen MR) is 95.8 cm³/mol. The highest BCUT2D eigenvalue weighted by molar-refractivity contribution is 5.71. The zero-order chi connectivity index (χ0) is 17.8. The zero-order valence-electron chi connectivity index (χ0n) is 15.0. The maximum atomic E-state index is 11.3. The van der Waals surface area contributed by atoms with Crippen LogP contribution in [0.3, 0.4) is 0 Å². The topological polar surface area (TPSA) is 87.6 Å². The van der Waals surface area contributed by atoms with Gasteiger partial charge in [-0.1, -0.05) is 13.8 Å². The van der Waals surface area contributed by atoms with E-state index in [1.807, 2.05) is 11.0 Å². The van der Waals surface area contributed by atoms with Gasteiger partial charge in [-0.05, 0) is 37.7 Å². The van der Waals surface area contributed by atoms with Gasteiger partial charge in [0, 0.05) is 25.9 Å². The molecule has 7 heteroatoms. The summed E-state index contributed by atoms with van der Waals surface area (Å²) in [5, 5.41) is 12.8. The van der Waals surface area contributed by atoms with Crippen LogP contribution in [-0.2, 0) is 9.53 Å². The van der Waals surface area contributed by atoms with Crippen molar-refractivity contribution in [2.24, 2.45) is 11.8 Å². The number of hydrogen-bond acceptors (Lipinski definition) is 6. The van der Waals surface area contributed by atoms with Crippen LogP contribution in [0.25, 0.3) is 0 Å². The third kappa shape index (κ3) is 4.39. The van der Waals surface area contributed by atoms with Crippen molar-refractivity contribution in [2.45, 2.75) is 51.7 Å². The van der Waals surface area contributed by atoms with Crippen molar-refractivity contribution in [1.29, 1.82) is 0 Å². The number of hydrogen-bond donors (Lipinski definition) is 2. The Hall–Kier alpha value is -1.89. The molecule has 2 aliphatic rings. The van der Waals surface area contributed by atoms with Crippen LogP contribution >= 0.6 is 0 Å². The molecule has 0 aliphatic carbocycles. The molecule has 2 aliphatic heterocycles. The van der Waals surface area contributed by atoms with Crippen molar-refractivity contribution >= 4 is 17.7 Å². The monoisotopic (exact) mass is 348 g/mol. The molecule has 0 radical (unpaired) electrons. The van der Waals surface area contributed by atoms with Crippen LogP contribution in [0.2, 0.25) is 0 Å². The highest BCUT2D eigenvalue weighted by Gasteiger charge is 2.30. The highest BCUT2D eigenvalue weighted by atomic mass is 16.5. The van der Waals surface area contributed by atoms with Crippen LogP contribution in [-0.4, -0.2) is 52.9 Å². The van der Waals surface area contributed by atoms with Crippen LogP contribution in [0.1, 0.15) is 39.5 Å². The quantitative estimate of drug-likeness (QED) is 0.845. The molecule has 0 aromatic carbocycles. The molecule has 25 heavy (non-hydrogen) atoms. The SMILES string of the molecule is CC(C)C1OCCCC1Nc1ccnc(N2CCCC(C(=O)O)C2)n1. The van der Waals surface area contributed by atoms with E-state index in [1.54, 1.807) is 6.20 Å². The van der Waals surface area contributed by atoms with E-state index >= 15 is 0 Å². The van der Waals surface area contributed by atoms with E-state index in [0.717, 1.165) is 44.7 Å². The molecule has 3 atom stereocenters. The molecule has 7 nitrogen and oxygen atoms in total. The van der Waals surface area contributed by atoms with Crippen molar-refractivity contribution in [2.75, 3.05) is 29.9 Å². The molecule has 3 unspecified atom stereocenters. The molecule has 3 heterocycles. The van der Waals surface area contributed by atoms with Gasteiger partial charge in [0.15, 0.2) is 0 Å². The lowest BCUT2D eigenvalue weighted by molar-refractivity contribution is -0.141. The molecule has 2 fully saturated rings. The number of carboxylic acid groups (broad SMARTS) is 1. The number of carbonyl (C=O) groups is 1. The lowest BCUT2D eigenvalue weighted by atomic mass is 9.94. The summed E-state index contributed by atoms with van der Waals surface area (Å²) in [7, 11) is 0. The van der Waals surface area contributed by atoms with Crippen LogP contribution in [0.4, 0.5) is 11.8 Å². The number of nitrogens with zero attached hydrogens (tertiary/aromatic N) is 3.